The summed E-state index contributed by atoms with van der Waals surface area (Å²) in [7, 11) is -3.70. The van der Waals surface area contributed by atoms with Gasteiger partial charge in [-0.2, -0.15) is 5.26 Å². The van der Waals surface area contributed by atoms with E-state index in [2.05, 4.69) is 20.7 Å². The van der Waals surface area contributed by atoms with Crippen LogP contribution >= 0.6 is 27.5 Å². The van der Waals surface area contributed by atoms with Crippen molar-refractivity contribution >= 4 is 43.2 Å². The maximum absolute atomic E-state index is 11.6. The Morgan fingerprint density at radius 1 is 1.56 bits per heavy atom. The molecule has 0 saturated carbocycles. The smallest absolute Gasteiger partial charge is 0.248 e. The summed E-state index contributed by atoms with van der Waals surface area (Å²) in [6.45, 7) is 1.31. The first-order valence-electron chi connectivity index (χ1n) is 4.23. The molecule has 0 heterocycles. The molecule has 4 nitrogen and oxygen atoms in total. The quantitative estimate of drug-likeness (QED) is 0.930. The van der Waals surface area contributed by atoms with Crippen LogP contribution < -0.4 is 4.72 Å². The van der Waals surface area contributed by atoms with Crippen molar-refractivity contribution in [2.24, 2.45) is 0 Å². The number of nitrogens with one attached hydrogen (secondary N) is 1. The Morgan fingerprint density at radius 2 is 2.19 bits per heavy atom. The fourth-order valence-corrected chi connectivity index (χ4v) is 2.36. The van der Waals surface area contributed by atoms with E-state index in [9.17, 15) is 8.42 Å². The third kappa shape index (κ3) is 2.88. The zero-order chi connectivity index (χ0) is 12.3. The minimum absolute atomic E-state index is 0.314. The molecule has 1 aromatic carbocycles. The van der Waals surface area contributed by atoms with E-state index in [0.29, 0.717) is 15.2 Å². The van der Waals surface area contributed by atoms with Gasteiger partial charge in [-0.15, -0.1) is 0 Å². The van der Waals surface area contributed by atoms with E-state index in [0.717, 1.165) is 0 Å². The predicted octanol–water partition coefficient (Wildman–Crippen LogP) is 2.76. The average Bonchev–Trinajstić information content (AvgIpc) is 2.23. The summed E-state index contributed by atoms with van der Waals surface area (Å²) in [6, 6.07) is 6.45. The van der Waals surface area contributed by atoms with Gasteiger partial charge in [0.25, 0.3) is 0 Å². The first kappa shape index (κ1) is 13.3. The molecule has 1 rings (SSSR count). The monoisotopic (exact) mass is 322 g/mol. The molecule has 0 saturated heterocycles. The lowest BCUT2D eigenvalue weighted by atomic mass is 10.3. The minimum Gasteiger partial charge on any atom is -0.281 e. The van der Waals surface area contributed by atoms with E-state index < -0.39 is 15.3 Å². The van der Waals surface area contributed by atoms with E-state index in [1.807, 2.05) is 0 Å². The van der Waals surface area contributed by atoms with Crippen molar-refractivity contribution in [3.63, 3.8) is 0 Å². The molecule has 0 fully saturated rings. The van der Waals surface area contributed by atoms with Crippen molar-refractivity contribution in [1.29, 1.82) is 5.26 Å². The highest BCUT2D eigenvalue weighted by Gasteiger charge is 2.21. The van der Waals surface area contributed by atoms with Gasteiger partial charge in [-0.25, -0.2) is 8.42 Å². The summed E-state index contributed by atoms with van der Waals surface area (Å²) in [5.41, 5.74) is 0.314. The van der Waals surface area contributed by atoms with Crippen LogP contribution in [0.15, 0.2) is 22.7 Å². The fourth-order valence-electron chi connectivity index (χ4n) is 0.894. The summed E-state index contributed by atoms with van der Waals surface area (Å²) >= 11 is 8.97. The molecule has 1 aromatic rings. The summed E-state index contributed by atoms with van der Waals surface area (Å²) in [6.07, 6.45) is 0. The Kier molecular flexibility index (Phi) is 4.19. The second kappa shape index (κ2) is 5.04. The van der Waals surface area contributed by atoms with Crippen LogP contribution in [-0.2, 0) is 10.0 Å². The maximum atomic E-state index is 11.6. The molecule has 0 spiro atoms. The summed E-state index contributed by atoms with van der Waals surface area (Å²) in [4.78, 5) is 0. The van der Waals surface area contributed by atoms with Gasteiger partial charge in [0.05, 0.1) is 21.3 Å². The molecule has 86 valence electrons. The first-order valence-corrected chi connectivity index (χ1v) is 6.95. The van der Waals surface area contributed by atoms with Crippen LogP contribution in [0.5, 0.6) is 0 Å². The van der Waals surface area contributed by atoms with Crippen LogP contribution in [0.3, 0.4) is 0 Å². The lowest BCUT2D eigenvalue weighted by molar-refractivity contribution is 0.597. The highest BCUT2D eigenvalue weighted by atomic mass is 79.9. The van der Waals surface area contributed by atoms with Crippen LogP contribution in [0.1, 0.15) is 6.92 Å². The number of nitriles is 1. The van der Waals surface area contributed by atoms with Gasteiger partial charge >= 0.3 is 0 Å². The number of benzene rings is 1. The maximum Gasteiger partial charge on any atom is 0.248 e. The van der Waals surface area contributed by atoms with Crippen molar-refractivity contribution in [3.8, 4) is 6.07 Å². The standard InChI is InChI=1S/C9H8BrClN2O2S/c1-6(5-12)16(14,15)13-8-4-2-3-7(11)9(8)10/h2-4,6,13H,1H3. The van der Waals surface area contributed by atoms with E-state index in [1.165, 1.54) is 6.92 Å². The van der Waals surface area contributed by atoms with Gasteiger partial charge in [-0.1, -0.05) is 17.7 Å². The van der Waals surface area contributed by atoms with Crippen molar-refractivity contribution in [3.05, 3.63) is 27.7 Å². The Bertz CT molecular complexity index is 539. The van der Waals surface area contributed by atoms with E-state index in [4.69, 9.17) is 16.9 Å². The highest BCUT2D eigenvalue weighted by molar-refractivity contribution is 9.10. The Hall–Kier alpha value is -0.770. The number of rotatable bonds is 3. The normalized spacial score (nSPS) is 12.9. The zero-order valence-electron chi connectivity index (χ0n) is 8.24. The molecule has 0 bridgehead atoms. The van der Waals surface area contributed by atoms with Crippen LogP contribution in [0.4, 0.5) is 5.69 Å². The van der Waals surface area contributed by atoms with Crippen LogP contribution in [0, 0.1) is 11.3 Å². The number of nitrogens with zero attached hydrogens (tertiary/aromatic N) is 1. The van der Waals surface area contributed by atoms with Gasteiger partial charge in [0.2, 0.25) is 10.0 Å². The van der Waals surface area contributed by atoms with Gasteiger partial charge in [0.1, 0.15) is 0 Å². The molecular formula is C9H8BrClN2O2S. The Labute approximate surface area is 107 Å². The van der Waals surface area contributed by atoms with Gasteiger partial charge in [0.15, 0.2) is 5.25 Å². The molecule has 0 aromatic heterocycles. The summed E-state index contributed by atoms with van der Waals surface area (Å²) in [5, 5.41) is 7.83. The SMILES string of the molecule is CC(C#N)S(=O)(=O)Nc1cccc(Cl)c1Br. The minimum atomic E-state index is -3.70. The van der Waals surface area contributed by atoms with Gasteiger partial charge < -0.3 is 0 Å². The number of hydrogen-bond donors (Lipinski definition) is 1. The number of hydrogen-bond acceptors (Lipinski definition) is 3. The average molecular weight is 324 g/mol. The molecule has 7 heteroatoms. The molecule has 1 N–H and O–H groups in total. The molecular weight excluding hydrogens is 316 g/mol. The van der Waals surface area contributed by atoms with Gasteiger partial charge in [-0.3, -0.25) is 4.72 Å². The topological polar surface area (TPSA) is 70.0 Å². The summed E-state index contributed by atoms with van der Waals surface area (Å²) in [5.74, 6) is 0. The molecule has 16 heavy (non-hydrogen) atoms. The molecule has 0 aliphatic carbocycles. The lowest BCUT2D eigenvalue weighted by Gasteiger charge is -2.11. The second-order valence-electron chi connectivity index (χ2n) is 3.02. The van der Waals surface area contributed by atoms with E-state index in [-0.39, 0.29) is 0 Å². The largest absolute Gasteiger partial charge is 0.281 e. The number of anilines is 1. The fraction of sp³-hybridized carbons (Fsp3) is 0.222. The van der Waals surface area contributed by atoms with Crippen LogP contribution in [0.2, 0.25) is 5.02 Å². The van der Waals surface area contributed by atoms with Gasteiger partial charge in [0, 0.05) is 0 Å². The Balaban J connectivity index is 3.08. The zero-order valence-corrected chi connectivity index (χ0v) is 11.4. The molecule has 1 atom stereocenters. The third-order valence-corrected chi connectivity index (χ3v) is 4.79. The first-order chi connectivity index (χ1) is 7.38. The number of sulfonamides is 1. The molecule has 0 aliphatic heterocycles. The van der Waals surface area contributed by atoms with Crippen LogP contribution in [0.25, 0.3) is 0 Å². The van der Waals surface area contributed by atoms with Crippen molar-refractivity contribution in [1.82, 2.24) is 0 Å². The summed E-state index contributed by atoms with van der Waals surface area (Å²) < 4.78 is 25.9. The molecule has 1 unspecified atom stereocenters. The molecule has 0 aliphatic rings. The van der Waals surface area contributed by atoms with Crippen LogP contribution in [-0.4, -0.2) is 13.7 Å². The molecule has 0 amide bonds. The van der Waals surface area contributed by atoms with Crippen molar-refractivity contribution in [2.45, 2.75) is 12.2 Å². The van der Waals surface area contributed by atoms with E-state index in [1.54, 1.807) is 24.3 Å². The second-order valence-corrected chi connectivity index (χ2v) is 6.22. The molecule has 0 radical (unpaired) electrons. The van der Waals surface area contributed by atoms with Crippen molar-refractivity contribution in [2.75, 3.05) is 4.72 Å². The van der Waals surface area contributed by atoms with E-state index >= 15 is 0 Å². The predicted molar refractivity (Wildman–Crippen MR) is 66.8 cm³/mol. The number of halogens is 2. The lowest BCUT2D eigenvalue weighted by Crippen LogP contribution is -2.23. The third-order valence-electron chi connectivity index (χ3n) is 1.85. The highest BCUT2D eigenvalue weighted by Crippen LogP contribution is 2.30. The van der Waals surface area contributed by atoms with Crippen molar-refractivity contribution < 1.29 is 8.42 Å². The Morgan fingerprint density at radius 3 is 2.75 bits per heavy atom. The van der Waals surface area contributed by atoms with Gasteiger partial charge in [-0.05, 0) is 35.0 Å².